The molecule has 0 N–H and O–H groups in total. The van der Waals surface area contributed by atoms with E-state index in [-0.39, 0.29) is 5.97 Å². The van der Waals surface area contributed by atoms with Crippen LogP contribution in [0.15, 0.2) is 10.1 Å². The number of alkyl halides is 2. The van der Waals surface area contributed by atoms with E-state index < -0.39 is 4.51 Å². The molecule has 0 aromatic carbocycles. The number of hydrogen-bond acceptors (Lipinski definition) is 2. The molecule has 0 aromatic rings. The van der Waals surface area contributed by atoms with Gasteiger partial charge in [-0.15, -0.1) is 0 Å². The second-order valence-electron chi connectivity index (χ2n) is 2.19. The van der Waals surface area contributed by atoms with Gasteiger partial charge in [0.2, 0.25) is 0 Å². The Kier molecular flexibility index (Phi) is 2.82. The molecule has 0 fully saturated rings. The van der Waals surface area contributed by atoms with Crippen LogP contribution in [-0.2, 0) is 9.53 Å². The Morgan fingerprint density at radius 1 is 1.64 bits per heavy atom. The van der Waals surface area contributed by atoms with Gasteiger partial charge in [0.05, 0.1) is 5.33 Å². The van der Waals surface area contributed by atoms with Gasteiger partial charge in [0.15, 0.2) is 4.51 Å². The first-order valence-electron chi connectivity index (χ1n) is 2.86. The molecule has 0 radical (unpaired) electrons. The molecule has 5 heteroatoms. The summed E-state index contributed by atoms with van der Waals surface area (Å²) in [7, 11) is 0. The van der Waals surface area contributed by atoms with Gasteiger partial charge in [0.25, 0.3) is 0 Å². The van der Waals surface area contributed by atoms with Crippen LogP contribution in [0.1, 0.15) is 6.92 Å². The van der Waals surface area contributed by atoms with Crippen molar-refractivity contribution in [3.05, 3.63) is 10.1 Å². The predicted octanol–water partition coefficient (Wildman–Crippen LogP) is 2.70. The highest BCUT2D eigenvalue weighted by molar-refractivity contribution is 9.13. The van der Waals surface area contributed by atoms with E-state index in [9.17, 15) is 4.79 Å². The molecule has 0 saturated carbocycles. The molecular formula is C6H5Br3O2. The van der Waals surface area contributed by atoms with Gasteiger partial charge in [0.1, 0.15) is 4.48 Å². The van der Waals surface area contributed by atoms with Crippen LogP contribution in [-0.4, -0.2) is 15.8 Å². The van der Waals surface area contributed by atoms with Crippen molar-refractivity contribution in [2.75, 3.05) is 5.33 Å². The lowest BCUT2D eigenvalue weighted by Gasteiger charge is -2.18. The minimum Gasteiger partial charge on any atom is -0.438 e. The van der Waals surface area contributed by atoms with Crippen LogP contribution < -0.4 is 0 Å². The largest absolute Gasteiger partial charge is 0.438 e. The van der Waals surface area contributed by atoms with Crippen LogP contribution in [0.3, 0.4) is 0 Å². The summed E-state index contributed by atoms with van der Waals surface area (Å²) in [6, 6.07) is 0. The Morgan fingerprint density at radius 3 is 2.36 bits per heavy atom. The van der Waals surface area contributed by atoms with E-state index in [4.69, 9.17) is 4.74 Å². The number of rotatable bonds is 1. The zero-order valence-corrected chi connectivity index (χ0v) is 10.4. The minimum atomic E-state index is -0.650. The molecule has 0 saturated heterocycles. The molecule has 11 heavy (non-hydrogen) atoms. The molecule has 2 nitrogen and oxygen atoms in total. The average molecular weight is 349 g/mol. The molecule has 62 valence electrons. The molecule has 0 aromatic heterocycles. The fourth-order valence-electron chi connectivity index (χ4n) is 0.713. The van der Waals surface area contributed by atoms with E-state index >= 15 is 0 Å². The molecule has 1 rings (SSSR count). The zero-order valence-electron chi connectivity index (χ0n) is 5.66. The topological polar surface area (TPSA) is 26.3 Å². The normalized spacial score (nSPS) is 31.1. The fourth-order valence-corrected chi connectivity index (χ4v) is 2.26. The molecular weight excluding hydrogens is 344 g/mol. The first-order chi connectivity index (χ1) is 5.01. The summed E-state index contributed by atoms with van der Waals surface area (Å²) in [4.78, 5) is 11.0. The third-order valence-corrected chi connectivity index (χ3v) is 4.99. The highest BCUT2D eigenvalue weighted by Crippen LogP contribution is 2.41. The quantitative estimate of drug-likeness (QED) is 0.538. The highest BCUT2D eigenvalue weighted by atomic mass is 79.9. The Hall–Kier alpha value is 0.650. The molecule has 1 heterocycles. The molecule has 0 amide bonds. The van der Waals surface area contributed by atoms with Crippen LogP contribution >= 0.6 is 47.8 Å². The monoisotopic (exact) mass is 346 g/mol. The van der Waals surface area contributed by atoms with Crippen molar-refractivity contribution in [3.63, 3.8) is 0 Å². The summed E-state index contributed by atoms with van der Waals surface area (Å²) in [6.07, 6.45) is 0. The number of hydrogen-bond donors (Lipinski definition) is 0. The van der Waals surface area contributed by atoms with Gasteiger partial charge < -0.3 is 4.74 Å². The van der Waals surface area contributed by atoms with Crippen molar-refractivity contribution in [3.8, 4) is 0 Å². The maximum Gasteiger partial charge on any atom is 0.347 e. The Labute approximate surface area is 89.7 Å². The number of cyclic esters (lactones) is 1. The second-order valence-corrected chi connectivity index (χ2v) is 4.83. The summed E-state index contributed by atoms with van der Waals surface area (Å²) in [6.45, 7) is 1.84. The molecule has 1 aliphatic heterocycles. The first-order valence-corrected chi connectivity index (χ1v) is 5.57. The lowest BCUT2D eigenvalue weighted by Crippen LogP contribution is -2.24. The maximum atomic E-state index is 11.0. The maximum absolute atomic E-state index is 11.0. The van der Waals surface area contributed by atoms with E-state index in [1.165, 1.54) is 0 Å². The lowest BCUT2D eigenvalue weighted by molar-refractivity contribution is -0.139. The number of halogens is 3. The van der Waals surface area contributed by atoms with Crippen molar-refractivity contribution in [1.82, 2.24) is 0 Å². The third kappa shape index (κ3) is 1.55. The van der Waals surface area contributed by atoms with Crippen LogP contribution in [0.4, 0.5) is 0 Å². The van der Waals surface area contributed by atoms with Gasteiger partial charge in [-0.25, -0.2) is 4.79 Å². The lowest BCUT2D eigenvalue weighted by atomic mass is 10.2. The van der Waals surface area contributed by atoms with Crippen molar-refractivity contribution < 1.29 is 9.53 Å². The summed E-state index contributed by atoms with van der Waals surface area (Å²) >= 11 is 9.70. The molecule has 1 unspecified atom stereocenters. The van der Waals surface area contributed by atoms with Crippen LogP contribution in [0, 0.1) is 0 Å². The number of carbonyl (C=O) groups is 1. The number of ether oxygens (including phenoxy) is 1. The van der Waals surface area contributed by atoms with Crippen LogP contribution in [0.5, 0.6) is 0 Å². The van der Waals surface area contributed by atoms with E-state index in [1.54, 1.807) is 0 Å². The van der Waals surface area contributed by atoms with Gasteiger partial charge in [0, 0.05) is 5.57 Å². The van der Waals surface area contributed by atoms with Crippen LogP contribution in [0.25, 0.3) is 0 Å². The van der Waals surface area contributed by atoms with Gasteiger partial charge in [-0.2, -0.15) is 0 Å². The van der Waals surface area contributed by atoms with E-state index in [2.05, 4.69) is 47.8 Å². The summed E-state index contributed by atoms with van der Waals surface area (Å²) in [5.41, 5.74) is 0.861. The predicted molar refractivity (Wildman–Crippen MR) is 53.2 cm³/mol. The van der Waals surface area contributed by atoms with Gasteiger partial charge in [-0.1, -0.05) is 15.9 Å². The van der Waals surface area contributed by atoms with E-state index in [1.807, 2.05) is 6.92 Å². The van der Waals surface area contributed by atoms with E-state index in [0.717, 1.165) is 5.57 Å². The number of carbonyl (C=O) groups excluding carboxylic acids is 1. The smallest absolute Gasteiger partial charge is 0.347 e. The third-order valence-electron chi connectivity index (χ3n) is 1.49. The molecule has 0 bridgehead atoms. The second kappa shape index (κ2) is 3.18. The minimum absolute atomic E-state index is 0.321. The van der Waals surface area contributed by atoms with Crippen molar-refractivity contribution in [1.29, 1.82) is 0 Å². The van der Waals surface area contributed by atoms with E-state index in [0.29, 0.717) is 9.81 Å². The number of esters is 1. The van der Waals surface area contributed by atoms with Gasteiger partial charge in [-0.05, 0) is 38.8 Å². The Bertz CT molecular complexity index is 236. The van der Waals surface area contributed by atoms with Crippen molar-refractivity contribution in [2.45, 2.75) is 11.4 Å². The summed E-state index contributed by atoms with van der Waals surface area (Å²) in [5.74, 6) is -0.321. The molecule has 0 spiro atoms. The van der Waals surface area contributed by atoms with Crippen LogP contribution in [0.2, 0.25) is 0 Å². The Morgan fingerprint density at radius 2 is 2.18 bits per heavy atom. The summed E-state index contributed by atoms with van der Waals surface area (Å²) in [5, 5.41) is 0.548. The molecule has 1 aliphatic rings. The zero-order chi connectivity index (χ0) is 8.65. The highest BCUT2D eigenvalue weighted by Gasteiger charge is 2.41. The first kappa shape index (κ1) is 9.74. The Balaban J connectivity index is 3.03. The molecule has 1 atom stereocenters. The van der Waals surface area contributed by atoms with Crippen molar-refractivity contribution >= 4 is 53.8 Å². The average Bonchev–Trinajstić information content (AvgIpc) is 2.17. The fraction of sp³-hybridized carbons (Fsp3) is 0.500. The van der Waals surface area contributed by atoms with Gasteiger partial charge >= 0.3 is 5.97 Å². The SMILES string of the molecule is CC1=C(Br)C(=O)OC1(Br)CBr. The molecule has 0 aliphatic carbocycles. The summed E-state index contributed by atoms with van der Waals surface area (Å²) < 4.78 is 4.89. The van der Waals surface area contributed by atoms with Crippen molar-refractivity contribution in [2.24, 2.45) is 0 Å². The van der Waals surface area contributed by atoms with Gasteiger partial charge in [-0.3, -0.25) is 0 Å². The standard InChI is InChI=1S/C6H5Br3O2/c1-3-4(8)5(10)11-6(3,9)2-7/h2H2,1H3.